The first-order valence-electron chi connectivity index (χ1n) is 6.34. The number of rotatable bonds is 4. The number of hydrogen-bond acceptors (Lipinski definition) is 2. The normalized spacial score (nSPS) is 20.8. The van der Waals surface area contributed by atoms with Crippen molar-refractivity contribution < 1.29 is 9.90 Å². The van der Waals surface area contributed by atoms with Crippen LogP contribution in [-0.2, 0) is 4.79 Å². The number of nitrogens with zero attached hydrogens (tertiary/aromatic N) is 1. The Kier molecular flexibility index (Phi) is 6.11. The summed E-state index contributed by atoms with van der Waals surface area (Å²) in [5.41, 5.74) is 1.25. The highest BCUT2D eigenvalue weighted by atomic mass is 35.5. The largest absolute Gasteiger partial charge is 0.480 e. The van der Waals surface area contributed by atoms with Crippen LogP contribution in [0.1, 0.15) is 31.2 Å². The Hall–Kier alpha value is -0.770. The van der Waals surface area contributed by atoms with Crippen LogP contribution in [-0.4, -0.2) is 35.1 Å². The zero-order chi connectivity index (χ0) is 13.1. The minimum absolute atomic E-state index is 0. The molecule has 5 heteroatoms. The highest BCUT2D eigenvalue weighted by Gasteiger charge is 2.31. The molecular weight excluding hydrogens is 285 g/mol. The molecule has 1 heterocycles. The summed E-state index contributed by atoms with van der Waals surface area (Å²) in [5, 5.41) is 9.91. The van der Waals surface area contributed by atoms with E-state index in [1.165, 1.54) is 5.56 Å². The van der Waals surface area contributed by atoms with E-state index in [0.29, 0.717) is 12.3 Å². The molecule has 1 fully saturated rings. The van der Waals surface area contributed by atoms with Gasteiger partial charge in [0.1, 0.15) is 6.04 Å². The fourth-order valence-corrected chi connectivity index (χ4v) is 2.79. The van der Waals surface area contributed by atoms with Crippen LogP contribution in [0.3, 0.4) is 0 Å². The Morgan fingerprint density at radius 2 is 2.11 bits per heavy atom. The maximum atomic E-state index is 11.1. The standard InChI is InChI=1S/C14H18ClNO2.ClH/c1-2-13(14(17)18)16-8-7-11(9-16)10-3-5-12(15)6-4-10;/h3-6,11,13H,2,7-9H2,1H3,(H,17,18);1H. The minimum Gasteiger partial charge on any atom is -0.480 e. The van der Waals surface area contributed by atoms with Gasteiger partial charge < -0.3 is 5.11 Å². The summed E-state index contributed by atoms with van der Waals surface area (Å²) < 4.78 is 0. The van der Waals surface area contributed by atoms with E-state index in [4.69, 9.17) is 16.7 Å². The summed E-state index contributed by atoms with van der Waals surface area (Å²) in [4.78, 5) is 13.2. The summed E-state index contributed by atoms with van der Waals surface area (Å²) in [6, 6.07) is 7.53. The molecule has 0 saturated carbocycles. The quantitative estimate of drug-likeness (QED) is 0.926. The minimum atomic E-state index is -0.714. The maximum absolute atomic E-state index is 11.1. The number of benzene rings is 1. The van der Waals surface area contributed by atoms with Gasteiger partial charge in [-0.25, -0.2) is 0 Å². The molecule has 2 unspecified atom stereocenters. The molecule has 1 saturated heterocycles. The molecule has 106 valence electrons. The predicted molar refractivity (Wildman–Crippen MR) is 79.3 cm³/mol. The van der Waals surface area contributed by atoms with E-state index in [2.05, 4.69) is 4.90 Å². The third kappa shape index (κ3) is 3.85. The molecule has 19 heavy (non-hydrogen) atoms. The Morgan fingerprint density at radius 3 is 2.63 bits per heavy atom. The lowest BCUT2D eigenvalue weighted by Crippen LogP contribution is -2.39. The van der Waals surface area contributed by atoms with Gasteiger partial charge in [0.15, 0.2) is 0 Å². The van der Waals surface area contributed by atoms with E-state index < -0.39 is 5.97 Å². The van der Waals surface area contributed by atoms with Gasteiger partial charge >= 0.3 is 5.97 Å². The van der Waals surface area contributed by atoms with Gasteiger partial charge in [-0.3, -0.25) is 9.69 Å². The summed E-state index contributed by atoms with van der Waals surface area (Å²) in [6.07, 6.45) is 1.67. The van der Waals surface area contributed by atoms with E-state index in [-0.39, 0.29) is 18.4 Å². The van der Waals surface area contributed by atoms with Crippen molar-refractivity contribution in [2.75, 3.05) is 13.1 Å². The van der Waals surface area contributed by atoms with Crippen molar-refractivity contribution in [3.8, 4) is 0 Å². The number of carboxylic acid groups (broad SMARTS) is 1. The monoisotopic (exact) mass is 303 g/mol. The summed E-state index contributed by atoms with van der Waals surface area (Å²) in [7, 11) is 0. The predicted octanol–water partition coefficient (Wildman–Crippen LogP) is 3.41. The first-order chi connectivity index (χ1) is 8.61. The highest BCUT2D eigenvalue weighted by molar-refractivity contribution is 6.30. The highest BCUT2D eigenvalue weighted by Crippen LogP contribution is 2.29. The van der Waals surface area contributed by atoms with Crippen LogP contribution in [0.2, 0.25) is 5.02 Å². The van der Waals surface area contributed by atoms with Crippen LogP contribution in [0.4, 0.5) is 0 Å². The Balaban J connectivity index is 0.00000180. The lowest BCUT2D eigenvalue weighted by Gasteiger charge is -2.23. The van der Waals surface area contributed by atoms with Crippen molar-refractivity contribution in [1.82, 2.24) is 4.90 Å². The first-order valence-corrected chi connectivity index (χ1v) is 6.72. The van der Waals surface area contributed by atoms with Crippen molar-refractivity contribution >= 4 is 30.0 Å². The van der Waals surface area contributed by atoms with E-state index in [9.17, 15) is 4.79 Å². The molecule has 0 aromatic heterocycles. The number of aliphatic carboxylic acids is 1. The van der Waals surface area contributed by atoms with Crippen LogP contribution in [0.5, 0.6) is 0 Å². The Morgan fingerprint density at radius 1 is 1.47 bits per heavy atom. The van der Waals surface area contributed by atoms with E-state index in [1.54, 1.807) is 0 Å². The van der Waals surface area contributed by atoms with Crippen molar-refractivity contribution in [1.29, 1.82) is 0 Å². The molecule has 1 aliphatic heterocycles. The topological polar surface area (TPSA) is 40.5 Å². The second kappa shape index (κ2) is 7.13. The molecule has 0 amide bonds. The average molecular weight is 304 g/mol. The van der Waals surface area contributed by atoms with Gasteiger partial charge in [-0.05, 0) is 43.0 Å². The van der Waals surface area contributed by atoms with Gasteiger partial charge in [0.05, 0.1) is 0 Å². The summed E-state index contributed by atoms with van der Waals surface area (Å²) in [6.45, 7) is 3.61. The van der Waals surface area contributed by atoms with Crippen LogP contribution in [0, 0.1) is 0 Å². The molecule has 0 bridgehead atoms. The zero-order valence-corrected chi connectivity index (χ0v) is 12.5. The maximum Gasteiger partial charge on any atom is 0.320 e. The summed E-state index contributed by atoms with van der Waals surface area (Å²) >= 11 is 5.87. The molecule has 3 nitrogen and oxygen atoms in total. The second-order valence-corrected chi connectivity index (χ2v) is 5.23. The fourth-order valence-electron chi connectivity index (χ4n) is 2.67. The number of likely N-dealkylation sites (tertiary alicyclic amines) is 1. The van der Waals surface area contributed by atoms with Crippen LogP contribution in [0.25, 0.3) is 0 Å². The number of halogens is 2. The van der Waals surface area contributed by atoms with E-state index in [1.807, 2.05) is 31.2 Å². The van der Waals surface area contributed by atoms with E-state index in [0.717, 1.165) is 24.5 Å². The molecule has 0 radical (unpaired) electrons. The van der Waals surface area contributed by atoms with Crippen molar-refractivity contribution in [2.24, 2.45) is 0 Å². The molecular formula is C14H19Cl2NO2. The van der Waals surface area contributed by atoms with Gasteiger partial charge in [-0.15, -0.1) is 12.4 Å². The van der Waals surface area contributed by atoms with Gasteiger partial charge in [0.25, 0.3) is 0 Å². The van der Waals surface area contributed by atoms with Crippen LogP contribution < -0.4 is 0 Å². The number of carbonyl (C=O) groups is 1. The molecule has 2 atom stereocenters. The van der Waals surface area contributed by atoms with Gasteiger partial charge in [0.2, 0.25) is 0 Å². The van der Waals surface area contributed by atoms with Crippen LogP contribution >= 0.6 is 24.0 Å². The van der Waals surface area contributed by atoms with Gasteiger partial charge in [0, 0.05) is 11.6 Å². The molecule has 0 spiro atoms. The lowest BCUT2D eigenvalue weighted by atomic mass is 9.99. The lowest BCUT2D eigenvalue weighted by molar-refractivity contribution is -0.143. The summed E-state index contributed by atoms with van der Waals surface area (Å²) in [5.74, 6) is -0.287. The number of carboxylic acids is 1. The number of hydrogen-bond donors (Lipinski definition) is 1. The molecule has 0 aliphatic carbocycles. The third-order valence-electron chi connectivity index (χ3n) is 3.67. The molecule has 1 aliphatic rings. The SMILES string of the molecule is CCC(C(=O)O)N1CCC(c2ccc(Cl)cc2)C1.Cl. The smallest absolute Gasteiger partial charge is 0.320 e. The molecule has 1 aromatic rings. The van der Waals surface area contributed by atoms with E-state index >= 15 is 0 Å². The second-order valence-electron chi connectivity index (χ2n) is 4.79. The molecule has 2 rings (SSSR count). The Labute approximate surface area is 125 Å². The third-order valence-corrected chi connectivity index (χ3v) is 3.93. The average Bonchev–Trinajstić information content (AvgIpc) is 2.80. The van der Waals surface area contributed by atoms with Crippen molar-refractivity contribution in [3.05, 3.63) is 34.9 Å². The molecule has 1 aromatic carbocycles. The van der Waals surface area contributed by atoms with Gasteiger partial charge in [-0.1, -0.05) is 30.7 Å². The Bertz CT molecular complexity index is 422. The molecule has 1 N–H and O–H groups in total. The fraction of sp³-hybridized carbons (Fsp3) is 0.500. The van der Waals surface area contributed by atoms with Gasteiger partial charge in [-0.2, -0.15) is 0 Å². The van der Waals surface area contributed by atoms with Crippen molar-refractivity contribution in [3.63, 3.8) is 0 Å². The zero-order valence-electron chi connectivity index (χ0n) is 10.9. The van der Waals surface area contributed by atoms with Crippen molar-refractivity contribution in [2.45, 2.75) is 31.7 Å². The first kappa shape index (κ1) is 16.3. The van der Waals surface area contributed by atoms with Crippen LogP contribution in [0.15, 0.2) is 24.3 Å².